The van der Waals surface area contributed by atoms with E-state index in [1.54, 1.807) is 12.4 Å². The summed E-state index contributed by atoms with van der Waals surface area (Å²) in [5.41, 5.74) is 1.07. The van der Waals surface area contributed by atoms with E-state index in [1.165, 1.54) is 0 Å². The molecule has 114 valence electrons. The van der Waals surface area contributed by atoms with E-state index in [1.807, 2.05) is 19.1 Å². The molecule has 0 aliphatic carbocycles. The molecule has 2 unspecified atom stereocenters. The van der Waals surface area contributed by atoms with Crippen molar-refractivity contribution >= 4 is 30.7 Å². The van der Waals surface area contributed by atoms with E-state index in [0.29, 0.717) is 13.2 Å². The average molecular weight is 322 g/mol. The molecule has 2 atom stereocenters. The van der Waals surface area contributed by atoms with Gasteiger partial charge >= 0.3 is 0 Å². The van der Waals surface area contributed by atoms with Gasteiger partial charge in [-0.05, 0) is 24.1 Å². The smallest absolute Gasteiger partial charge is 0.250 e. The van der Waals surface area contributed by atoms with E-state index in [0.717, 1.165) is 18.5 Å². The number of ether oxygens (including phenoxy) is 1. The lowest BCUT2D eigenvalue weighted by atomic mass is 10.1. The van der Waals surface area contributed by atoms with Crippen LogP contribution in [0.15, 0.2) is 24.5 Å². The third-order valence-electron chi connectivity index (χ3n) is 3.05. The van der Waals surface area contributed by atoms with E-state index < -0.39 is 0 Å². The van der Waals surface area contributed by atoms with Crippen molar-refractivity contribution in [1.82, 2.24) is 15.6 Å². The maximum absolute atomic E-state index is 12.0. The van der Waals surface area contributed by atoms with Gasteiger partial charge in [0.25, 0.3) is 5.91 Å². The van der Waals surface area contributed by atoms with Crippen molar-refractivity contribution in [2.24, 2.45) is 0 Å². The van der Waals surface area contributed by atoms with Crippen molar-refractivity contribution < 1.29 is 9.53 Å². The van der Waals surface area contributed by atoms with Crippen molar-refractivity contribution in [1.29, 1.82) is 0 Å². The van der Waals surface area contributed by atoms with Crippen molar-refractivity contribution in [2.75, 3.05) is 19.7 Å². The Morgan fingerprint density at radius 3 is 2.75 bits per heavy atom. The Labute approximate surface area is 131 Å². The van der Waals surface area contributed by atoms with Gasteiger partial charge in [0.2, 0.25) is 0 Å². The molecule has 0 bridgehead atoms. The number of carbonyl (C=O) groups excluding carboxylic acids is 1. The number of halogens is 2. The lowest BCUT2D eigenvalue weighted by Gasteiger charge is -2.25. The summed E-state index contributed by atoms with van der Waals surface area (Å²) >= 11 is 0. The predicted octanol–water partition coefficient (Wildman–Crippen LogP) is 1.48. The van der Waals surface area contributed by atoms with Crippen LogP contribution in [0.25, 0.3) is 0 Å². The fourth-order valence-electron chi connectivity index (χ4n) is 2.02. The van der Waals surface area contributed by atoms with E-state index in [9.17, 15) is 4.79 Å². The molecule has 0 aromatic carbocycles. The van der Waals surface area contributed by atoms with E-state index in [4.69, 9.17) is 4.74 Å². The third kappa shape index (κ3) is 5.25. The fourth-order valence-corrected chi connectivity index (χ4v) is 2.02. The number of morpholine rings is 1. The number of nitrogens with one attached hydrogen (secondary N) is 2. The molecular formula is C13H21Cl2N3O2. The second kappa shape index (κ2) is 9.94. The van der Waals surface area contributed by atoms with Gasteiger partial charge < -0.3 is 15.4 Å². The second-order valence-electron chi connectivity index (χ2n) is 4.31. The number of pyridine rings is 1. The molecule has 2 rings (SSSR count). The number of carbonyl (C=O) groups is 1. The van der Waals surface area contributed by atoms with Crippen LogP contribution in [0.2, 0.25) is 0 Å². The van der Waals surface area contributed by atoms with Crippen molar-refractivity contribution in [3.8, 4) is 0 Å². The Hall–Kier alpha value is -0.880. The highest BCUT2D eigenvalue weighted by Gasteiger charge is 2.23. The van der Waals surface area contributed by atoms with E-state index in [-0.39, 0.29) is 42.9 Å². The number of nitrogens with zero attached hydrogens (tertiary/aromatic N) is 1. The second-order valence-corrected chi connectivity index (χ2v) is 4.31. The van der Waals surface area contributed by atoms with Gasteiger partial charge in [-0.2, -0.15) is 0 Å². The van der Waals surface area contributed by atoms with E-state index in [2.05, 4.69) is 15.6 Å². The van der Waals surface area contributed by atoms with Crippen LogP contribution >= 0.6 is 24.8 Å². The predicted molar refractivity (Wildman–Crippen MR) is 82.5 cm³/mol. The molecule has 1 amide bonds. The number of aromatic nitrogens is 1. The first-order valence-corrected chi connectivity index (χ1v) is 6.34. The highest BCUT2D eigenvalue weighted by molar-refractivity contribution is 5.85. The first-order valence-electron chi connectivity index (χ1n) is 6.34. The minimum atomic E-state index is -0.380. The topological polar surface area (TPSA) is 63.2 Å². The Kier molecular flexibility index (Phi) is 9.50. The summed E-state index contributed by atoms with van der Waals surface area (Å²) in [7, 11) is 0. The quantitative estimate of drug-likeness (QED) is 0.881. The molecular weight excluding hydrogens is 301 g/mol. The molecule has 2 heterocycles. The van der Waals surface area contributed by atoms with Gasteiger partial charge in [0.05, 0.1) is 12.6 Å². The Morgan fingerprint density at radius 2 is 2.20 bits per heavy atom. The Bertz CT molecular complexity index is 386. The first kappa shape index (κ1) is 19.1. The molecule has 2 N–H and O–H groups in total. The zero-order chi connectivity index (χ0) is 12.8. The number of hydrogen-bond donors (Lipinski definition) is 2. The standard InChI is InChI=1S/C13H19N3O2.2ClH/c1-2-11(10-3-5-14-6-4-10)16-13(17)12-9-15-7-8-18-12;;/h3-6,11-12,15H,2,7-9H2,1H3,(H,16,17);2*1H. The van der Waals surface area contributed by atoms with Crippen LogP contribution in [0.1, 0.15) is 24.9 Å². The average Bonchev–Trinajstić information content (AvgIpc) is 2.46. The van der Waals surface area contributed by atoms with E-state index >= 15 is 0 Å². The number of rotatable bonds is 4. The molecule has 0 radical (unpaired) electrons. The molecule has 1 saturated heterocycles. The zero-order valence-electron chi connectivity index (χ0n) is 11.4. The Balaban J connectivity index is 0.00000180. The molecule has 1 fully saturated rings. The summed E-state index contributed by atoms with van der Waals surface area (Å²) in [6, 6.07) is 3.87. The van der Waals surface area contributed by atoms with Gasteiger partial charge in [0.1, 0.15) is 6.10 Å². The van der Waals surface area contributed by atoms with Crippen LogP contribution in [0.4, 0.5) is 0 Å². The van der Waals surface area contributed by atoms with Crippen molar-refractivity contribution in [3.63, 3.8) is 0 Å². The summed E-state index contributed by atoms with van der Waals surface area (Å²) in [6.07, 6.45) is 3.94. The van der Waals surface area contributed by atoms with Gasteiger partial charge in [-0.15, -0.1) is 24.8 Å². The maximum atomic E-state index is 12.0. The first-order chi connectivity index (χ1) is 8.81. The summed E-state index contributed by atoms with van der Waals surface area (Å²) in [5, 5.41) is 6.17. The molecule has 0 saturated carbocycles. The number of hydrogen-bond acceptors (Lipinski definition) is 4. The third-order valence-corrected chi connectivity index (χ3v) is 3.05. The molecule has 7 heteroatoms. The highest BCUT2D eigenvalue weighted by Crippen LogP contribution is 2.15. The highest BCUT2D eigenvalue weighted by atomic mass is 35.5. The van der Waals surface area contributed by atoms with Gasteiger partial charge in [-0.1, -0.05) is 6.92 Å². The zero-order valence-corrected chi connectivity index (χ0v) is 13.0. The van der Waals surface area contributed by atoms with Crippen LogP contribution < -0.4 is 10.6 Å². The van der Waals surface area contributed by atoms with Gasteiger partial charge in [0, 0.05) is 25.5 Å². The minimum absolute atomic E-state index is 0. The molecule has 1 aromatic heterocycles. The Morgan fingerprint density at radius 1 is 1.50 bits per heavy atom. The molecule has 1 aliphatic rings. The van der Waals surface area contributed by atoms with Crippen LogP contribution in [0.5, 0.6) is 0 Å². The van der Waals surface area contributed by atoms with Gasteiger partial charge in [0.15, 0.2) is 0 Å². The monoisotopic (exact) mass is 321 g/mol. The maximum Gasteiger partial charge on any atom is 0.250 e. The van der Waals surface area contributed by atoms with Crippen LogP contribution in [0, 0.1) is 0 Å². The fraction of sp³-hybridized carbons (Fsp3) is 0.538. The SMILES string of the molecule is CCC(NC(=O)C1CNCCO1)c1ccncc1.Cl.Cl. The van der Waals surface area contributed by atoms with Crippen molar-refractivity contribution in [3.05, 3.63) is 30.1 Å². The summed E-state index contributed by atoms with van der Waals surface area (Å²) in [5.74, 6) is -0.0501. The molecule has 1 aliphatic heterocycles. The van der Waals surface area contributed by atoms with Crippen molar-refractivity contribution in [2.45, 2.75) is 25.5 Å². The summed E-state index contributed by atoms with van der Waals surface area (Å²) < 4.78 is 5.43. The van der Waals surface area contributed by atoms with Crippen LogP contribution in [0.3, 0.4) is 0 Å². The molecule has 1 aromatic rings. The largest absolute Gasteiger partial charge is 0.366 e. The number of amides is 1. The van der Waals surface area contributed by atoms with Gasteiger partial charge in [-0.25, -0.2) is 0 Å². The lowest BCUT2D eigenvalue weighted by molar-refractivity contribution is -0.135. The normalized spacial score (nSPS) is 19.1. The molecule has 5 nitrogen and oxygen atoms in total. The summed E-state index contributed by atoms with van der Waals surface area (Å²) in [4.78, 5) is 16.0. The van der Waals surface area contributed by atoms with Gasteiger partial charge in [-0.3, -0.25) is 9.78 Å². The molecule has 20 heavy (non-hydrogen) atoms. The minimum Gasteiger partial charge on any atom is -0.366 e. The lowest BCUT2D eigenvalue weighted by Crippen LogP contribution is -2.48. The van der Waals surface area contributed by atoms with Crippen LogP contribution in [-0.2, 0) is 9.53 Å². The molecule has 0 spiro atoms. The summed E-state index contributed by atoms with van der Waals surface area (Å²) in [6.45, 7) is 4.03. The van der Waals surface area contributed by atoms with Crippen LogP contribution in [-0.4, -0.2) is 36.7 Å².